The van der Waals surface area contributed by atoms with Crippen LogP contribution in [0.4, 0.5) is 0 Å². The standard InChI is InChI=1S/C47H89N3O4/c1-5-8-10-11-12-13-14-15-16-18-25-31-44(47(53)48-43-29-23-21-22-24-30-43)50(39-38-49-36-34-41(4)35-37-49)45(51)32-26-19-17-20-27-33-46(52)54-40-42(7-3)28-9-6-2/h41-44H,5-40H2,1-4H3,(H,48,53). The summed E-state index contributed by atoms with van der Waals surface area (Å²) in [4.78, 5) is 45.2. The van der Waals surface area contributed by atoms with Crippen LogP contribution in [0.1, 0.15) is 227 Å². The monoisotopic (exact) mass is 760 g/mol. The van der Waals surface area contributed by atoms with Gasteiger partial charge >= 0.3 is 5.97 Å². The molecule has 54 heavy (non-hydrogen) atoms. The van der Waals surface area contributed by atoms with Crippen LogP contribution in [0.2, 0.25) is 0 Å². The Bertz CT molecular complexity index is 928. The Morgan fingerprint density at radius 2 is 1.22 bits per heavy atom. The maximum absolute atomic E-state index is 14.2. The molecular weight excluding hydrogens is 671 g/mol. The fourth-order valence-corrected chi connectivity index (χ4v) is 8.54. The number of unbranched alkanes of at least 4 members (excludes halogenated alkanes) is 15. The van der Waals surface area contributed by atoms with Crippen molar-refractivity contribution in [3.05, 3.63) is 0 Å². The van der Waals surface area contributed by atoms with E-state index in [1.54, 1.807) is 0 Å². The first-order valence-corrected chi connectivity index (χ1v) is 23.9. The molecule has 7 heteroatoms. The maximum atomic E-state index is 14.2. The van der Waals surface area contributed by atoms with Crippen LogP contribution in [0.5, 0.6) is 0 Å². The number of likely N-dealkylation sites (tertiary alicyclic amines) is 1. The van der Waals surface area contributed by atoms with Gasteiger partial charge in [0, 0.05) is 32.0 Å². The fraction of sp³-hybridized carbons (Fsp3) is 0.936. The summed E-state index contributed by atoms with van der Waals surface area (Å²) in [7, 11) is 0. The quantitative estimate of drug-likeness (QED) is 0.0420. The van der Waals surface area contributed by atoms with E-state index in [1.165, 1.54) is 109 Å². The van der Waals surface area contributed by atoms with E-state index in [9.17, 15) is 14.4 Å². The zero-order valence-corrected chi connectivity index (χ0v) is 36.3. The summed E-state index contributed by atoms with van der Waals surface area (Å²) in [6.07, 6.45) is 34.6. The fourth-order valence-electron chi connectivity index (χ4n) is 8.54. The second-order valence-corrected chi connectivity index (χ2v) is 17.5. The number of hydrogen-bond acceptors (Lipinski definition) is 5. The van der Waals surface area contributed by atoms with E-state index in [-0.39, 0.29) is 29.9 Å². The van der Waals surface area contributed by atoms with E-state index >= 15 is 0 Å². The van der Waals surface area contributed by atoms with Crippen LogP contribution >= 0.6 is 0 Å². The minimum atomic E-state index is -0.372. The minimum Gasteiger partial charge on any atom is -0.465 e. The first kappa shape index (κ1) is 48.5. The van der Waals surface area contributed by atoms with Gasteiger partial charge < -0.3 is 19.9 Å². The Balaban J connectivity index is 1.92. The largest absolute Gasteiger partial charge is 0.465 e. The smallest absolute Gasteiger partial charge is 0.305 e. The molecule has 316 valence electrons. The molecule has 2 amide bonds. The predicted octanol–water partition coefficient (Wildman–Crippen LogP) is 11.9. The number of nitrogens with zero attached hydrogens (tertiary/aromatic N) is 2. The third-order valence-corrected chi connectivity index (χ3v) is 12.6. The lowest BCUT2D eigenvalue weighted by molar-refractivity contribution is -0.145. The number of carbonyl (C=O) groups is 3. The van der Waals surface area contributed by atoms with E-state index < -0.39 is 0 Å². The second-order valence-electron chi connectivity index (χ2n) is 17.5. The van der Waals surface area contributed by atoms with Crippen molar-refractivity contribution in [2.75, 3.05) is 32.8 Å². The van der Waals surface area contributed by atoms with Crippen molar-refractivity contribution < 1.29 is 19.1 Å². The Labute approximate surface area is 334 Å². The molecule has 1 saturated heterocycles. The molecule has 2 atom stereocenters. The molecule has 0 aromatic heterocycles. The van der Waals surface area contributed by atoms with Crippen molar-refractivity contribution in [3.63, 3.8) is 0 Å². The van der Waals surface area contributed by atoms with Gasteiger partial charge in [-0.2, -0.15) is 0 Å². The molecular formula is C47H89N3O4. The average molecular weight is 760 g/mol. The molecule has 2 fully saturated rings. The molecule has 1 N–H and O–H groups in total. The third kappa shape index (κ3) is 23.4. The summed E-state index contributed by atoms with van der Waals surface area (Å²) in [5.41, 5.74) is 0. The van der Waals surface area contributed by atoms with Gasteiger partial charge in [-0.3, -0.25) is 14.4 Å². The van der Waals surface area contributed by atoms with Gasteiger partial charge in [-0.15, -0.1) is 0 Å². The number of hydrogen-bond donors (Lipinski definition) is 1. The molecule has 1 aliphatic carbocycles. The summed E-state index contributed by atoms with van der Waals surface area (Å²) in [5.74, 6) is 1.44. The van der Waals surface area contributed by atoms with Gasteiger partial charge in [0.05, 0.1) is 6.61 Å². The Morgan fingerprint density at radius 1 is 0.667 bits per heavy atom. The molecule has 1 aliphatic heterocycles. The van der Waals surface area contributed by atoms with Crippen molar-refractivity contribution in [1.29, 1.82) is 0 Å². The SMILES string of the molecule is CCCCCCCCCCCCCC(C(=O)NC1CCCCCC1)N(CCN1CCC(C)CC1)C(=O)CCCCCCCC(=O)OCC(CC)CCCC. The molecule has 1 heterocycles. The summed E-state index contributed by atoms with van der Waals surface area (Å²) in [6.45, 7) is 13.3. The lowest BCUT2D eigenvalue weighted by Crippen LogP contribution is -2.53. The topological polar surface area (TPSA) is 79.0 Å². The minimum absolute atomic E-state index is 0.0649. The number of rotatable bonds is 32. The number of nitrogens with one attached hydrogen (secondary N) is 1. The predicted molar refractivity (Wildman–Crippen MR) is 228 cm³/mol. The van der Waals surface area contributed by atoms with Crippen LogP contribution in [-0.2, 0) is 19.1 Å². The lowest BCUT2D eigenvalue weighted by atomic mass is 9.99. The number of esters is 1. The number of piperidine rings is 1. The van der Waals surface area contributed by atoms with Crippen molar-refractivity contribution in [1.82, 2.24) is 15.1 Å². The Morgan fingerprint density at radius 3 is 1.81 bits per heavy atom. The maximum Gasteiger partial charge on any atom is 0.305 e. The van der Waals surface area contributed by atoms with Crippen LogP contribution in [-0.4, -0.2) is 72.5 Å². The molecule has 0 spiro atoms. The highest BCUT2D eigenvalue weighted by Crippen LogP contribution is 2.22. The van der Waals surface area contributed by atoms with Crippen molar-refractivity contribution in [3.8, 4) is 0 Å². The van der Waals surface area contributed by atoms with E-state index in [0.29, 0.717) is 31.9 Å². The van der Waals surface area contributed by atoms with E-state index in [4.69, 9.17) is 4.74 Å². The normalized spacial score (nSPS) is 17.2. The van der Waals surface area contributed by atoms with Crippen molar-refractivity contribution in [2.45, 2.75) is 239 Å². The molecule has 2 unspecified atom stereocenters. The molecule has 0 aromatic carbocycles. The van der Waals surface area contributed by atoms with E-state index in [2.05, 4.69) is 37.9 Å². The van der Waals surface area contributed by atoms with Gasteiger partial charge in [0.25, 0.3) is 0 Å². The highest BCUT2D eigenvalue weighted by atomic mass is 16.5. The van der Waals surface area contributed by atoms with Gasteiger partial charge in [0.15, 0.2) is 0 Å². The van der Waals surface area contributed by atoms with E-state index in [1.807, 2.05) is 4.90 Å². The molecule has 1 saturated carbocycles. The molecule has 0 aromatic rings. The summed E-state index contributed by atoms with van der Waals surface area (Å²) in [5, 5.41) is 3.47. The van der Waals surface area contributed by atoms with Crippen LogP contribution in [0.15, 0.2) is 0 Å². The zero-order valence-electron chi connectivity index (χ0n) is 36.3. The molecule has 7 nitrogen and oxygen atoms in total. The molecule has 2 rings (SSSR count). The first-order chi connectivity index (χ1) is 26.4. The van der Waals surface area contributed by atoms with E-state index in [0.717, 1.165) is 103 Å². The zero-order chi connectivity index (χ0) is 39.1. The Hall–Kier alpha value is -1.63. The van der Waals surface area contributed by atoms with Gasteiger partial charge in [-0.25, -0.2) is 0 Å². The van der Waals surface area contributed by atoms with Crippen molar-refractivity contribution >= 4 is 17.8 Å². The number of amides is 2. The third-order valence-electron chi connectivity index (χ3n) is 12.6. The first-order valence-electron chi connectivity index (χ1n) is 23.9. The highest BCUT2D eigenvalue weighted by Gasteiger charge is 2.31. The molecule has 2 aliphatic rings. The number of carbonyl (C=O) groups excluding carboxylic acids is 3. The van der Waals surface area contributed by atoms with Crippen LogP contribution in [0, 0.1) is 11.8 Å². The average Bonchev–Trinajstić information content (AvgIpc) is 3.45. The Kier molecular flexibility index (Phi) is 29.2. The van der Waals surface area contributed by atoms with Crippen molar-refractivity contribution in [2.24, 2.45) is 11.8 Å². The van der Waals surface area contributed by atoms with Gasteiger partial charge in [0.1, 0.15) is 6.04 Å². The van der Waals surface area contributed by atoms with Gasteiger partial charge in [-0.1, -0.05) is 163 Å². The van der Waals surface area contributed by atoms with Crippen LogP contribution in [0.25, 0.3) is 0 Å². The summed E-state index contributed by atoms with van der Waals surface area (Å²) < 4.78 is 5.59. The molecule has 0 bridgehead atoms. The lowest BCUT2D eigenvalue weighted by Gasteiger charge is -2.36. The summed E-state index contributed by atoms with van der Waals surface area (Å²) >= 11 is 0. The summed E-state index contributed by atoms with van der Waals surface area (Å²) in [6, 6.07) is -0.130. The van der Waals surface area contributed by atoms with Gasteiger partial charge in [-0.05, 0) is 76.3 Å². The second kappa shape index (κ2) is 32.5. The van der Waals surface area contributed by atoms with Crippen LogP contribution < -0.4 is 5.32 Å². The van der Waals surface area contributed by atoms with Crippen LogP contribution in [0.3, 0.4) is 0 Å². The highest BCUT2D eigenvalue weighted by molar-refractivity contribution is 5.87. The molecule has 0 radical (unpaired) electrons. The number of ether oxygens (including phenoxy) is 1. The van der Waals surface area contributed by atoms with Gasteiger partial charge in [0.2, 0.25) is 11.8 Å².